The van der Waals surface area contributed by atoms with Crippen molar-refractivity contribution in [2.45, 2.75) is 34.2 Å². The average molecular weight is 291 g/mol. The number of aryl methyl sites for hydroxylation is 2. The van der Waals surface area contributed by atoms with Crippen molar-refractivity contribution in [1.82, 2.24) is 14.2 Å². The third-order valence-corrected chi connectivity index (χ3v) is 3.28. The van der Waals surface area contributed by atoms with Gasteiger partial charge in [-0.15, -0.1) is 0 Å². The number of nitrogens with zero attached hydrogens (tertiary/aromatic N) is 2. The molecule has 0 spiro atoms. The van der Waals surface area contributed by atoms with Crippen molar-refractivity contribution in [2.75, 3.05) is 11.2 Å². The summed E-state index contributed by atoms with van der Waals surface area (Å²) in [5.74, 6) is 0.378. The minimum absolute atomic E-state index is 0.143. The maximum absolute atomic E-state index is 12.0. The number of hydrogen-bond donors (Lipinski definition) is 3. The Bertz CT molecular complexity index is 747. The highest BCUT2D eigenvalue weighted by Crippen LogP contribution is 2.14. The Hall–Kier alpha value is -2.44. The number of rotatable bonds is 4. The van der Waals surface area contributed by atoms with E-state index in [4.69, 9.17) is 5.73 Å². The van der Waals surface area contributed by atoms with Gasteiger partial charge in [-0.2, -0.15) is 0 Å². The molecule has 0 saturated carbocycles. The molecule has 0 bridgehead atoms. The van der Waals surface area contributed by atoms with E-state index in [2.05, 4.69) is 10.4 Å². The van der Waals surface area contributed by atoms with Crippen LogP contribution in [0.3, 0.4) is 0 Å². The van der Waals surface area contributed by atoms with Gasteiger partial charge < -0.3 is 5.73 Å². The lowest BCUT2D eigenvalue weighted by Crippen LogP contribution is -2.36. The molecule has 2 heterocycles. The molecule has 114 valence electrons. The van der Waals surface area contributed by atoms with E-state index in [1.54, 1.807) is 4.68 Å². The smallest absolute Gasteiger partial charge is 0.330 e. The minimum atomic E-state index is -0.523. The van der Waals surface area contributed by atoms with Crippen LogP contribution >= 0.6 is 0 Å². The molecule has 7 nitrogen and oxygen atoms in total. The van der Waals surface area contributed by atoms with Gasteiger partial charge in [0, 0.05) is 17.9 Å². The molecule has 0 fully saturated rings. The highest BCUT2D eigenvalue weighted by atomic mass is 16.2. The second-order valence-electron chi connectivity index (χ2n) is 5.59. The van der Waals surface area contributed by atoms with Crippen LogP contribution in [0.5, 0.6) is 0 Å². The number of aromatic amines is 1. The average Bonchev–Trinajstić information content (AvgIpc) is 2.70. The zero-order valence-electron chi connectivity index (χ0n) is 12.7. The van der Waals surface area contributed by atoms with E-state index in [0.29, 0.717) is 6.54 Å². The molecule has 7 heteroatoms. The number of aromatic nitrogens is 3. The predicted octanol–water partition coefficient (Wildman–Crippen LogP) is 1.07. The standard InChI is InChI=1S/C14H21N5O2/c1-8(2)7-18-12(15)11(13(20)16-14(18)21)17-19-9(3)5-6-10(19)4/h5-6,8,17H,7,15H2,1-4H3,(H,16,20,21). The van der Waals surface area contributed by atoms with Gasteiger partial charge in [-0.1, -0.05) is 13.8 Å². The van der Waals surface area contributed by atoms with Gasteiger partial charge in [-0.05, 0) is 31.9 Å². The number of nitrogens with two attached hydrogens (primary N) is 1. The molecule has 0 aromatic carbocycles. The van der Waals surface area contributed by atoms with E-state index in [9.17, 15) is 9.59 Å². The molecule has 0 aliphatic rings. The SMILES string of the molecule is Cc1ccc(C)n1Nc1c(N)n(CC(C)C)c(=O)[nH]c1=O. The minimum Gasteiger partial charge on any atom is -0.383 e. The first-order chi connectivity index (χ1) is 9.81. The number of hydrogen-bond acceptors (Lipinski definition) is 4. The van der Waals surface area contributed by atoms with Crippen LogP contribution in [0.15, 0.2) is 21.7 Å². The summed E-state index contributed by atoms with van der Waals surface area (Å²) in [6, 6.07) is 3.85. The molecule has 0 amide bonds. The van der Waals surface area contributed by atoms with Gasteiger partial charge in [-0.25, -0.2) is 4.79 Å². The van der Waals surface area contributed by atoms with Crippen molar-refractivity contribution >= 4 is 11.5 Å². The van der Waals surface area contributed by atoms with Crippen molar-refractivity contribution in [3.8, 4) is 0 Å². The van der Waals surface area contributed by atoms with Gasteiger partial charge in [0.15, 0.2) is 5.69 Å². The summed E-state index contributed by atoms with van der Waals surface area (Å²) in [5, 5.41) is 0. The van der Waals surface area contributed by atoms with Crippen LogP contribution in [0.1, 0.15) is 25.2 Å². The molecule has 0 unspecified atom stereocenters. The summed E-state index contributed by atoms with van der Waals surface area (Å²) in [6.45, 7) is 8.22. The quantitative estimate of drug-likeness (QED) is 0.784. The molecule has 21 heavy (non-hydrogen) atoms. The number of anilines is 2. The van der Waals surface area contributed by atoms with Crippen molar-refractivity contribution in [3.05, 3.63) is 44.4 Å². The second-order valence-corrected chi connectivity index (χ2v) is 5.59. The van der Waals surface area contributed by atoms with Crippen molar-refractivity contribution in [3.63, 3.8) is 0 Å². The summed E-state index contributed by atoms with van der Waals surface area (Å²) >= 11 is 0. The fourth-order valence-corrected chi connectivity index (χ4v) is 2.20. The lowest BCUT2D eigenvalue weighted by molar-refractivity contribution is 0.508. The Balaban J connectivity index is 2.54. The lowest BCUT2D eigenvalue weighted by Gasteiger charge is -2.17. The van der Waals surface area contributed by atoms with E-state index in [0.717, 1.165) is 11.4 Å². The van der Waals surface area contributed by atoms with Gasteiger partial charge in [-0.3, -0.25) is 24.4 Å². The van der Waals surface area contributed by atoms with Gasteiger partial charge in [0.2, 0.25) is 0 Å². The monoisotopic (exact) mass is 291 g/mol. The Morgan fingerprint density at radius 1 is 1.24 bits per heavy atom. The van der Waals surface area contributed by atoms with E-state index in [1.165, 1.54) is 4.57 Å². The molecular formula is C14H21N5O2. The molecule has 0 atom stereocenters. The topological polar surface area (TPSA) is 97.8 Å². The van der Waals surface area contributed by atoms with Crippen LogP contribution in [0.25, 0.3) is 0 Å². The molecule has 2 rings (SSSR count). The summed E-state index contributed by atoms with van der Waals surface area (Å²) in [5.41, 5.74) is 10.0. The van der Waals surface area contributed by atoms with Crippen LogP contribution in [-0.4, -0.2) is 14.2 Å². The summed E-state index contributed by atoms with van der Waals surface area (Å²) in [6.07, 6.45) is 0. The second kappa shape index (κ2) is 5.51. The van der Waals surface area contributed by atoms with Crippen LogP contribution < -0.4 is 22.4 Å². The molecule has 4 N–H and O–H groups in total. The third kappa shape index (κ3) is 2.86. The fourth-order valence-electron chi connectivity index (χ4n) is 2.20. The fraction of sp³-hybridized carbons (Fsp3) is 0.429. The molecule has 0 aliphatic heterocycles. The maximum Gasteiger partial charge on any atom is 0.330 e. The van der Waals surface area contributed by atoms with Crippen LogP contribution in [0.2, 0.25) is 0 Å². The van der Waals surface area contributed by atoms with Gasteiger partial charge in [0.25, 0.3) is 5.56 Å². The number of nitrogen functional groups attached to an aromatic ring is 1. The van der Waals surface area contributed by atoms with E-state index >= 15 is 0 Å². The largest absolute Gasteiger partial charge is 0.383 e. The Kier molecular flexibility index (Phi) is 3.93. The lowest BCUT2D eigenvalue weighted by atomic mass is 10.2. The Labute approximate surface area is 122 Å². The van der Waals surface area contributed by atoms with Crippen LogP contribution in [-0.2, 0) is 6.54 Å². The highest BCUT2D eigenvalue weighted by Gasteiger charge is 2.14. The molecule has 2 aromatic heterocycles. The van der Waals surface area contributed by atoms with Gasteiger partial charge >= 0.3 is 5.69 Å². The Morgan fingerprint density at radius 3 is 2.33 bits per heavy atom. The van der Waals surface area contributed by atoms with Crippen molar-refractivity contribution in [1.29, 1.82) is 0 Å². The zero-order valence-corrected chi connectivity index (χ0v) is 12.7. The Morgan fingerprint density at radius 2 is 1.81 bits per heavy atom. The number of nitrogens with one attached hydrogen (secondary N) is 2. The molecule has 0 radical (unpaired) electrons. The van der Waals surface area contributed by atoms with E-state index in [1.807, 2.05) is 39.8 Å². The first-order valence-corrected chi connectivity index (χ1v) is 6.85. The van der Waals surface area contributed by atoms with Crippen molar-refractivity contribution in [2.24, 2.45) is 5.92 Å². The van der Waals surface area contributed by atoms with Crippen molar-refractivity contribution < 1.29 is 0 Å². The van der Waals surface area contributed by atoms with E-state index < -0.39 is 11.2 Å². The predicted molar refractivity (Wildman–Crippen MR) is 83.5 cm³/mol. The first kappa shape index (κ1) is 15.0. The maximum atomic E-state index is 12.0. The molecule has 0 aliphatic carbocycles. The summed E-state index contributed by atoms with van der Waals surface area (Å²) in [7, 11) is 0. The normalized spacial score (nSPS) is 11.1. The molecular weight excluding hydrogens is 270 g/mol. The third-order valence-electron chi connectivity index (χ3n) is 3.28. The van der Waals surface area contributed by atoms with Gasteiger partial charge in [0.1, 0.15) is 5.82 Å². The van der Waals surface area contributed by atoms with Gasteiger partial charge in [0.05, 0.1) is 0 Å². The first-order valence-electron chi connectivity index (χ1n) is 6.85. The molecule has 2 aromatic rings. The van der Waals surface area contributed by atoms with Crippen LogP contribution in [0, 0.1) is 19.8 Å². The molecule has 0 saturated heterocycles. The zero-order chi connectivity index (χ0) is 15.7. The summed E-state index contributed by atoms with van der Waals surface area (Å²) in [4.78, 5) is 26.2. The highest BCUT2D eigenvalue weighted by molar-refractivity contribution is 5.60. The summed E-state index contributed by atoms with van der Waals surface area (Å²) < 4.78 is 3.13. The van der Waals surface area contributed by atoms with E-state index in [-0.39, 0.29) is 17.4 Å². The van der Waals surface area contributed by atoms with Crippen LogP contribution in [0.4, 0.5) is 11.5 Å². The number of H-pyrrole nitrogens is 1.